The Bertz CT molecular complexity index is 244. The van der Waals surface area contributed by atoms with Crippen LogP contribution in [0.2, 0.25) is 0 Å². The van der Waals surface area contributed by atoms with Gasteiger partial charge in [0.05, 0.1) is 12.7 Å². The molecule has 0 aliphatic rings. The first-order chi connectivity index (χ1) is 6.56. The van der Waals surface area contributed by atoms with E-state index in [9.17, 15) is 14.4 Å². The molecule has 0 aromatic heterocycles. The molecule has 0 saturated carbocycles. The molecule has 0 fully saturated rings. The van der Waals surface area contributed by atoms with Gasteiger partial charge in [0.2, 0.25) is 0 Å². The van der Waals surface area contributed by atoms with Gasteiger partial charge in [-0.2, -0.15) is 0 Å². The zero-order valence-corrected chi connectivity index (χ0v) is 7.95. The van der Waals surface area contributed by atoms with E-state index in [-0.39, 0.29) is 18.6 Å². The Morgan fingerprint density at radius 3 is 2.36 bits per heavy atom. The maximum absolute atomic E-state index is 10.8. The van der Waals surface area contributed by atoms with E-state index in [1.54, 1.807) is 0 Å². The summed E-state index contributed by atoms with van der Waals surface area (Å²) in [7, 11) is 0. The molecule has 0 spiro atoms. The van der Waals surface area contributed by atoms with E-state index in [1.807, 2.05) is 0 Å². The highest BCUT2D eigenvalue weighted by atomic mass is 16.6. The molecule has 5 heteroatoms. The summed E-state index contributed by atoms with van der Waals surface area (Å²) in [6, 6.07) is 0. The molecule has 0 unspecified atom stereocenters. The lowest BCUT2D eigenvalue weighted by atomic mass is 10.2. The largest absolute Gasteiger partial charge is 0.454 e. The molecule has 0 heterocycles. The van der Waals surface area contributed by atoms with E-state index in [4.69, 9.17) is 0 Å². The number of ether oxygens (including phenoxy) is 2. The first-order valence-corrected chi connectivity index (χ1v) is 4.01. The molecule has 0 radical (unpaired) electrons. The molecule has 0 saturated heterocycles. The van der Waals surface area contributed by atoms with Gasteiger partial charge in [-0.3, -0.25) is 4.79 Å². The molecule has 0 bridgehead atoms. The number of esters is 2. The molecule has 0 aromatic carbocycles. The molecule has 0 aliphatic carbocycles. The summed E-state index contributed by atoms with van der Waals surface area (Å²) < 4.78 is 8.79. The molecule has 0 aliphatic heterocycles. The van der Waals surface area contributed by atoms with Crippen LogP contribution < -0.4 is 0 Å². The molecule has 0 N–H and O–H groups in total. The minimum absolute atomic E-state index is 0.0172. The van der Waals surface area contributed by atoms with Gasteiger partial charge < -0.3 is 14.3 Å². The number of carbonyl (C=O) groups excluding carboxylic acids is 3. The summed E-state index contributed by atoms with van der Waals surface area (Å²) in [6.45, 7) is 4.08. The Morgan fingerprint density at radius 2 is 1.86 bits per heavy atom. The summed E-state index contributed by atoms with van der Waals surface area (Å²) in [5.74, 6) is -1.40. The van der Waals surface area contributed by atoms with Gasteiger partial charge in [0.1, 0.15) is 5.78 Å². The van der Waals surface area contributed by atoms with Gasteiger partial charge in [-0.15, -0.1) is 0 Å². The molecule has 5 nitrogen and oxygen atoms in total. The summed E-state index contributed by atoms with van der Waals surface area (Å²) >= 11 is 0. The van der Waals surface area contributed by atoms with Gasteiger partial charge in [0.15, 0.2) is 6.61 Å². The van der Waals surface area contributed by atoms with E-state index < -0.39 is 18.5 Å². The first-order valence-electron chi connectivity index (χ1n) is 4.01. The average molecular weight is 200 g/mol. The zero-order valence-electron chi connectivity index (χ0n) is 7.95. The molecule has 0 rings (SSSR count). The highest BCUT2D eigenvalue weighted by Crippen LogP contribution is 1.94. The lowest BCUT2D eigenvalue weighted by molar-refractivity contribution is -0.155. The van der Waals surface area contributed by atoms with Gasteiger partial charge in [-0.25, -0.2) is 4.79 Å². The Hall–Kier alpha value is -1.65. The van der Waals surface area contributed by atoms with Crippen LogP contribution in [0.1, 0.15) is 19.8 Å². The fourth-order valence-corrected chi connectivity index (χ4v) is 0.617. The van der Waals surface area contributed by atoms with Crippen LogP contribution in [0.5, 0.6) is 0 Å². The molecular weight excluding hydrogens is 188 g/mol. The summed E-state index contributed by atoms with van der Waals surface area (Å²) in [5.41, 5.74) is 0. The standard InChI is InChI=1S/C9H12O5/c1-3-13-9(12)6-14-8(11)5-4-7(2)10/h3H,1,4-6H2,2H3. The van der Waals surface area contributed by atoms with Crippen LogP contribution in [0.25, 0.3) is 0 Å². The highest BCUT2D eigenvalue weighted by Gasteiger charge is 2.08. The lowest BCUT2D eigenvalue weighted by Gasteiger charge is -2.01. The predicted octanol–water partition coefficient (Wildman–Crippen LogP) is 0.585. The van der Waals surface area contributed by atoms with Gasteiger partial charge >= 0.3 is 11.9 Å². The van der Waals surface area contributed by atoms with E-state index in [0.29, 0.717) is 0 Å². The Morgan fingerprint density at radius 1 is 1.21 bits per heavy atom. The van der Waals surface area contributed by atoms with Crippen molar-refractivity contribution in [2.75, 3.05) is 6.61 Å². The second-order valence-electron chi connectivity index (χ2n) is 2.52. The molecule has 14 heavy (non-hydrogen) atoms. The van der Waals surface area contributed by atoms with E-state index in [1.165, 1.54) is 6.92 Å². The van der Waals surface area contributed by atoms with Crippen molar-refractivity contribution in [2.24, 2.45) is 0 Å². The third-order valence-electron chi connectivity index (χ3n) is 1.25. The van der Waals surface area contributed by atoms with Crippen LogP contribution in [0.15, 0.2) is 12.8 Å². The van der Waals surface area contributed by atoms with Gasteiger partial charge in [0.25, 0.3) is 0 Å². The summed E-state index contributed by atoms with van der Waals surface area (Å²) in [6.07, 6.45) is 1.05. The van der Waals surface area contributed by atoms with Crippen LogP contribution in [-0.2, 0) is 23.9 Å². The van der Waals surface area contributed by atoms with Crippen molar-refractivity contribution in [3.63, 3.8) is 0 Å². The Balaban J connectivity index is 3.58. The van der Waals surface area contributed by atoms with Crippen LogP contribution in [-0.4, -0.2) is 24.3 Å². The number of hydrogen-bond donors (Lipinski definition) is 0. The molecule has 0 amide bonds. The second-order valence-corrected chi connectivity index (χ2v) is 2.52. The lowest BCUT2D eigenvalue weighted by Crippen LogP contribution is -2.15. The van der Waals surface area contributed by atoms with Crippen LogP contribution in [0.4, 0.5) is 0 Å². The van der Waals surface area contributed by atoms with Crippen LogP contribution in [0.3, 0.4) is 0 Å². The zero-order chi connectivity index (χ0) is 11.0. The number of rotatable bonds is 6. The Kier molecular flexibility index (Phi) is 6.02. The van der Waals surface area contributed by atoms with Crippen molar-refractivity contribution < 1.29 is 23.9 Å². The third-order valence-corrected chi connectivity index (χ3v) is 1.25. The normalized spacial score (nSPS) is 8.93. The maximum atomic E-state index is 10.8. The Labute approximate surface area is 81.7 Å². The summed E-state index contributed by atoms with van der Waals surface area (Å²) in [5, 5.41) is 0. The minimum Gasteiger partial charge on any atom is -0.454 e. The van der Waals surface area contributed by atoms with Crippen molar-refractivity contribution in [2.45, 2.75) is 19.8 Å². The fourth-order valence-electron chi connectivity index (χ4n) is 0.617. The maximum Gasteiger partial charge on any atom is 0.349 e. The van der Waals surface area contributed by atoms with Gasteiger partial charge in [0, 0.05) is 6.42 Å². The fraction of sp³-hybridized carbons (Fsp3) is 0.444. The van der Waals surface area contributed by atoms with Crippen molar-refractivity contribution in [3.05, 3.63) is 12.8 Å². The van der Waals surface area contributed by atoms with Crippen molar-refractivity contribution >= 4 is 17.7 Å². The van der Waals surface area contributed by atoms with Crippen LogP contribution in [0, 0.1) is 0 Å². The number of carbonyl (C=O) groups is 3. The summed E-state index contributed by atoms with van der Waals surface area (Å²) in [4.78, 5) is 32.0. The molecule has 78 valence electrons. The average Bonchev–Trinajstić information content (AvgIpc) is 2.12. The van der Waals surface area contributed by atoms with Crippen molar-refractivity contribution in [1.29, 1.82) is 0 Å². The quantitative estimate of drug-likeness (QED) is 0.463. The van der Waals surface area contributed by atoms with Gasteiger partial charge in [-0.1, -0.05) is 6.58 Å². The number of Topliss-reactive ketones (excluding diaryl/α,β-unsaturated/α-hetero) is 1. The second kappa shape index (κ2) is 6.82. The van der Waals surface area contributed by atoms with E-state index >= 15 is 0 Å². The smallest absolute Gasteiger partial charge is 0.349 e. The monoisotopic (exact) mass is 200 g/mol. The highest BCUT2D eigenvalue weighted by molar-refractivity contribution is 5.82. The molecule has 0 aromatic rings. The van der Waals surface area contributed by atoms with Crippen molar-refractivity contribution in [1.82, 2.24) is 0 Å². The number of hydrogen-bond acceptors (Lipinski definition) is 5. The molecule has 0 atom stereocenters. The predicted molar refractivity (Wildman–Crippen MR) is 47.2 cm³/mol. The van der Waals surface area contributed by atoms with E-state index in [2.05, 4.69) is 16.1 Å². The topological polar surface area (TPSA) is 69.7 Å². The third kappa shape index (κ3) is 7.02. The minimum atomic E-state index is -0.698. The first kappa shape index (κ1) is 12.3. The SMILES string of the molecule is C=COC(=O)COC(=O)CCC(C)=O. The van der Waals surface area contributed by atoms with Gasteiger partial charge in [-0.05, 0) is 6.92 Å². The van der Waals surface area contributed by atoms with Crippen LogP contribution >= 0.6 is 0 Å². The number of ketones is 1. The van der Waals surface area contributed by atoms with E-state index in [0.717, 1.165) is 6.26 Å². The van der Waals surface area contributed by atoms with Crippen molar-refractivity contribution in [3.8, 4) is 0 Å². The molecular formula is C9H12O5.